The second-order valence-electron chi connectivity index (χ2n) is 1.25. The number of alkyl halides is 6. The first kappa shape index (κ1) is 23.6. The van der Waals surface area contributed by atoms with E-state index in [1.807, 2.05) is 0 Å². The van der Waals surface area contributed by atoms with Gasteiger partial charge >= 0.3 is 12.4 Å². The van der Waals surface area contributed by atoms with Crippen molar-refractivity contribution in [3.05, 3.63) is 0 Å². The van der Waals surface area contributed by atoms with E-state index in [2.05, 4.69) is 13.6 Å². The van der Waals surface area contributed by atoms with Crippen molar-refractivity contribution in [1.29, 1.82) is 0 Å². The van der Waals surface area contributed by atoms with Gasteiger partial charge in [0.15, 0.2) is 0 Å². The van der Waals surface area contributed by atoms with E-state index in [1.54, 1.807) is 0 Å². The van der Waals surface area contributed by atoms with Crippen molar-refractivity contribution in [1.82, 2.24) is 0 Å². The predicted octanol–water partition coefficient (Wildman–Crippen LogP) is 1.32. The Morgan fingerprint density at radius 1 is 0.667 bits per heavy atom. The molecule has 0 aliphatic rings. The fourth-order valence-electron chi connectivity index (χ4n) is 0.142. The molecule has 0 bridgehead atoms. The third-order valence-corrected chi connectivity index (χ3v) is 0.346. The standard InChI is InChI=1S/C4F6.2CO.Ni/c5-3(6,7)1-2-4(8,9)10;2*1-2;. The molecular formula is C6F6NiO2. The van der Waals surface area contributed by atoms with Crippen LogP contribution < -0.4 is 0 Å². The van der Waals surface area contributed by atoms with Gasteiger partial charge in [0.1, 0.15) is 0 Å². The Morgan fingerprint density at radius 2 is 0.800 bits per heavy atom. The van der Waals surface area contributed by atoms with Crippen LogP contribution in [0.2, 0.25) is 0 Å². The van der Waals surface area contributed by atoms with Gasteiger partial charge in [-0.05, 0) is 0 Å². The molecule has 0 rings (SSSR count). The van der Waals surface area contributed by atoms with Gasteiger partial charge in [-0.1, -0.05) is 0 Å². The first-order chi connectivity index (χ1) is 6.21. The Bertz CT molecular complexity index is 180. The number of halogens is 6. The van der Waals surface area contributed by atoms with Gasteiger partial charge in [0, 0.05) is 28.3 Å². The van der Waals surface area contributed by atoms with Crippen molar-refractivity contribution in [2.75, 3.05) is 0 Å². The number of hydrogen-bond donors (Lipinski definition) is 0. The van der Waals surface area contributed by atoms with Gasteiger partial charge in [0.05, 0.1) is 0 Å². The van der Waals surface area contributed by atoms with E-state index < -0.39 is 12.4 Å². The van der Waals surface area contributed by atoms with E-state index in [1.165, 1.54) is 0 Å². The van der Waals surface area contributed by atoms with Crippen LogP contribution in [-0.2, 0) is 26.1 Å². The molecule has 0 aliphatic heterocycles. The molecule has 0 aliphatic carbocycles. The quantitative estimate of drug-likeness (QED) is 0.380. The smallest absolute Gasteiger partial charge is 0.281 e. The molecule has 0 unspecified atom stereocenters. The van der Waals surface area contributed by atoms with Crippen LogP contribution in [0.15, 0.2) is 0 Å². The largest absolute Gasteiger partial charge is 0.457 e. The summed E-state index contributed by atoms with van der Waals surface area (Å²) >= 11 is 0. The topological polar surface area (TPSA) is 34.1 Å². The minimum atomic E-state index is -5.07. The molecule has 0 spiro atoms. The average molecular weight is 277 g/mol. The molecule has 88 valence electrons. The minimum absolute atomic E-state index is 0. The fraction of sp³-hybridized carbons (Fsp3) is 0.333. The Balaban J connectivity index is -0.000000107. The SMILES string of the molecule is FC(F)(F)C#CC(F)(F)F.[C]=O.[C]=O.[Ni]. The van der Waals surface area contributed by atoms with Gasteiger partial charge in [0.2, 0.25) is 0 Å². The van der Waals surface area contributed by atoms with E-state index in [0.29, 0.717) is 0 Å². The van der Waals surface area contributed by atoms with E-state index in [4.69, 9.17) is 9.59 Å². The summed E-state index contributed by atoms with van der Waals surface area (Å²) in [5.74, 6) is 0.174. The maximum Gasteiger partial charge on any atom is 0.457 e. The number of hydrogen-bond acceptors (Lipinski definition) is 2. The molecule has 0 saturated heterocycles. The molecule has 0 heterocycles. The zero-order valence-corrected chi connectivity index (χ0v) is 7.39. The van der Waals surface area contributed by atoms with Crippen LogP contribution in [0.1, 0.15) is 0 Å². The Morgan fingerprint density at radius 3 is 0.867 bits per heavy atom. The second kappa shape index (κ2) is 11.1. The van der Waals surface area contributed by atoms with Crippen LogP contribution in [0.5, 0.6) is 0 Å². The molecule has 2 nitrogen and oxygen atoms in total. The van der Waals surface area contributed by atoms with E-state index >= 15 is 0 Å². The van der Waals surface area contributed by atoms with Crippen molar-refractivity contribution in [3.63, 3.8) is 0 Å². The Hall–Kier alpha value is -1.03. The summed E-state index contributed by atoms with van der Waals surface area (Å²) in [4.78, 5) is 15.0. The molecule has 0 aromatic heterocycles. The third-order valence-electron chi connectivity index (χ3n) is 0.346. The van der Waals surface area contributed by atoms with Crippen LogP contribution in [0, 0.1) is 11.8 Å². The molecule has 0 aromatic carbocycles. The van der Waals surface area contributed by atoms with Crippen LogP contribution in [0.4, 0.5) is 26.3 Å². The van der Waals surface area contributed by atoms with E-state index in [-0.39, 0.29) is 28.3 Å². The van der Waals surface area contributed by atoms with Crippen LogP contribution in [0.3, 0.4) is 0 Å². The molecule has 4 radical (unpaired) electrons. The van der Waals surface area contributed by atoms with E-state index in [0.717, 1.165) is 0 Å². The van der Waals surface area contributed by atoms with Gasteiger partial charge < -0.3 is 0 Å². The molecule has 15 heavy (non-hydrogen) atoms. The van der Waals surface area contributed by atoms with Crippen LogP contribution >= 0.6 is 0 Å². The van der Waals surface area contributed by atoms with Crippen molar-refractivity contribution >= 4 is 13.6 Å². The molecular weight excluding hydrogens is 277 g/mol. The monoisotopic (exact) mass is 276 g/mol. The van der Waals surface area contributed by atoms with Crippen molar-refractivity contribution in [3.8, 4) is 11.8 Å². The van der Waals surface area contributed by atoms with Crippen LogP contribution in [-0.4, -0.2) is 25.9 Å². The summed E-state index contributed by atoms with van der Waals surface area (Å²) in [7, 11) is 0. The third kappa shape index (κ3) is 43.8. The van der Waals surface area contributed by atoms with Crippen molar-refractivity contribution in [2.45, 2.75) is 12.4 Å². The normalized spacial score (nSPS) is 8.67. The number of rotatable bonds is 0. The van der Waals surface area contributed by atoms with E-state index in [9.17, 15) is 26.3 Å². The number of carbonyl (C=O) groups excluding carboxylic acids is 2. The average Bonchev–Trinajstić information content (AvgIpc) is 2.06. The van der Waals surface area contributed by atoms with Gasteiger partial charge in [0.25, 0.3) is 13.6 Å². The molecule has 0 atom stereocenters. The summed E-state index contributed by atoms with van der Waals surface area (Å²) in [6.07, 6.45) is -10.1. The van der Waals surface area contributed by atoms with Crippen molar-refractivity contribution < 1.29 is 52.4 Å². The van der Waals surface area contributed by atoms with Gasteiger partial charge in [-0.3, -0.25) is 9.59 Å². The zero-order chi connectivity index (χ0) is 12.4. The molecule has 0 aromatic rings. The Labute approximate surface area is 90.9 Å². The zero-order valence-electron chi connectivity index (χ0n) is 6.40. The summed E-state index contributed by atoms with van der Waals surface area (Å²) in [5.41, 5.74) is 0. The molecule has 0 N–H and O–H groups in total. The maximum absolute atomic E-state index is 10.9. The first-order valence-corrected chi connectivity index (χ1v) is 2.29. The first-order valence-electron chi connectivity index (χ1n) is 2.29. The van der Waals surface area contributed by atoms with Gasteiger partial charge in [-0.2, -0.15) is 26.3 Å². The molecule has 0 fully saturated rings. The fourth-order valence-corrected chi connectivity index (χ4v) is 0.142. The van der Waals surface area contributed by atoms with Crippen molar-refractivity contribution in [2.24, 2.45) is 0 Å². The predicted molar refractivity (Wildman–Crippen MR) is 31.3 cm³/mol. The molecule has 9 heteroatoms. The summed E-state index contributed by atoms with van der Waals surface area (Å²) < 4.78 is 65.5. The second-order valence-corrected chi connectivity index (χ2v) is 1.25. The van der Waals surface area contributed by atoms with Crippen LogP contribution in [0.25, 0.3) is 0 Å². The minimum Gasteiger partial charge on any atom is -0.281 e. The summed E-state index contributed by atoms with van der Waals surface area (Å²) in [6, 6.07) is 0. The molecule has 0 saturated carbocycles. The summed E-state index contributed by atoms with van der Waals surface area (Å²) in [5, 5.41) is 0. The maximum atomic E-state index is 10.9. The summed E-state index contributed by atoms with van der Waals surface area (Å²) in [6.45, 7) is 9.00. The van der Waals surface area contributed by atoms with Gasteiger partial charge in [-0.15, -0.1) is 0 Å². The molecule has 0 amide bonds. The van der Waals surface area contributed by atoms with Gasteiger partial charge in [-0.25, -0.2) is 0 Å². The Kier molecular flexibility index (Phi) is 17.4.